The van der Waals surface area contributed by atoms with Gasteiger partial charge in [-0.2, -0.15) is 0 Å². The van der Waals surface area contributed by atoms with Crippen LogP contribution >= 0.6 is 0 Å². The zero-order valence-corrected chi connectivity index (χ0v) is 20.2. The number of pyridine rings is 3. The molecule has 1 radical (unpaired) electrons. The van der Waals surface area contributed by atoms with Crippen molar-refractivity contribution in [2.75, 3.05) is 0 Å². The maximum absolute atomic E-state index is 5.79. The van der Waals surface area contributed by atoms with Crippen LogP contribution in [0.25, 0.3) is 44.5 Å². The van der Waals surface area contributed by atoms with Crippen LogP contribution in [-0.2, 0) is 20.1 Å². The molecule has 0 saturated heterocycles. The fourth-order valence-corrected chi connectivity index (χ4v) is 3.52. The van der Waals surface area contributed by atoms with E-state index in [1.54, 1.807) is 18.6 Å². The number of aryl methyl sites for hydroxylation is 1. The van der Waals surface area contributed by atoms with Crippen LogP contribution in [0.15, 0.2) is 102 Å². The average Bonchev–Trinajstić information content (AvgIpc) is 3.24. The van der Waals surface area contributed by atoms with Crippen LogP contribution in [0.5, 0.6) is 0 Å². The average molecular weight is 606 g/mol. The number of benzene rings is 2. The minimum Gasteiger partial charge on any atom is -0.455 e. The molecule has 2 aromatic carbocycles. The molecule has 6 aromatic rings. The van der Waals surface area contributed by atoms with E-state index < -0.39 is 0 Å². The first-order chi connectivity index (χ1) is 15.8. The third-order valence-corrected chi connectivity index (χ3v) is 5.14. The fraction of sp³-hybridized carbons (Fsp3) is 0.0357. The maximum atomic E-state index is 5.79. The molecule has 0 aliphatic heterocycles. The third kappa shape index (κ3) is 4.90. The molecule has 163 valence electrons. The van der Waals surface area contributed by atoms with Gasteiger partial charge in [0.05, 0.1) is 6.20 Å². The Bertz CT molecular complexity index is 1440. The number of nitrogens with zero attached hydrogens (tertiary/aromatic N) is 3. The minimum atomic E-state index is 0. The Labute approximate surface area is 205 Å². The number of rotatable bonds is 2. The number of para-hydroxylation sites is 1. The van der Waals surface area contributed by atoms with Crippen LogP contribution in [0.1, 0.15) is 5.56 Å². The maximum Gasteiger partial charge on any atom is 0.151 e. The molecule has 0 N–H and O–H groups in total. The minimum absolute atomic E-state index is 0. The summed E-state index contributed by atoms with van der Waals surface area (Å²) in [6, 6.07) is 28.8. The monoisotopic (exact) mass is 606 g/mol. The van der Waals surface area contributed by atoms with Gasteiger partial charge in [0.15, 0.2) is 5.58 Å². The van der Waals surface area contributed by atoms with E-state index in [1.807, 2.05) is 79.7 Å². The van der Waals surface area contributed by atoms with Crippen LogP contribution in [0.3, 0.4) is 0 Å². The van der Waals surface area contributed by atoms with Crippen molar-refractivity contribution in [2.24, 2.45) is 0 Å². The van der Waals surface area contributed by atoms with Crippen LogP contribution in [0.2, 0.25) is 0 Å². The Morgan fingerprint density at radius 3 is 2.39 bits per heavy atom. The van der Waals surface area contributed by atoms with Crippen molar-refractivity contribution in [3.63, 3.8) is 0 Å². The molecule has 0 aliphatic carbocycles. The van der Waals surface area contributed by atoms with Gasteiger partial charge in [0.2, 0.25) is 0 Å². The quantitative estimate of drug-likeness (QED) is 0.206. The SMILES string of the molecule is Cc1ccn[c-]c1-c1cc2c(cn1)oc1ccccc12.[Ir].[c-]1ccccc1-c1ccccn1. The smallest absolute Gasteiger partial charge is 0.151 e. The Kier molecular flexibility index (Phi) is 7.04. The molecule has 4 nitrogen and oxygen atoms in total. The number of fused-ring (bicyclic) bond motifs is 3. The summed E-state index contributed by atoms with van der Waals surface area (Å²) in [6.45, 7) is 2.03. The van der Waals surface area contributed by atoms with Gasteiger partial charge >= 0.3 is 0 Å². The molecule has 0 aliphatic rings. The van der Waals surface area contributed by atoms with Crippen molar-refractivity contribution in [3.05, 3.63) is 115 Å². The molecule has 33 heavy (non-hydrogen) atoms. The summed E-state index contributed by atoms with van der Waals surface area (Å²) < 4.78 is 5.79. The summed E-state index contributed by atoms with van der Waals surface area (Å²) in [5.74, 6) is 0. The van der Waals surface area contributed by atoms with E-state index in [9.17, 15) is 0 Å². The van der Waals surface area contributed by atoms with Gasteiger partial charge in [0, 0.05) is 37.1 Å². The Morgan fingerprint density at radius 1 is 0.758 bits per heavy atom. The standard InChI is InChI=1S/C17H11N2O.C11H8N.Ir/c1-11-6-7-18-9-14(11)15-8-13-12-4-2-3-5-16(12)20-17(13)10-19-15;1-2-6-10(7-3-1)11-8-4-5-9-12-11;/h2-8,10H,1H3;1-6,8-9H;/q2*-1;. The van der Waals surface area contributed by atoms with Crippen molar-refractivity contribution in [2.45, 2.75) is 6.92 Å². The number of hydrogen-bond donors (Lipinski definition) is 0. The first-order valence-electron chi connectivity index (χ1n) is 10.3. The van der Waals surface area contributed by atoms with Gasteiger partial charge < -0.3 is 19.4 Å². The second kappa shape index (κ2) is 10.3. The van der Waals surface area contributed by atoms with Gasteiger partial charge in [-0.05, 0) is 29.7 Å². The van der Waals surface area contributed by atoms with Gasteiger partial charge in [0.1, 0.15) is 5.58 Å². The Morgan fingerprint density at radius 2 is 1.61 bits per heavy atom. The summed E-state index contributed by atoms with van der Waals surface area (Å²) >= 11 is 0. The first-order valence-corrected chi connectivity index (χ1v) is 10.3. The van der Waals surface area contributed by atoms with E-state index in [0.717, 1.165) is 50.0 Å². The van der Waals surface area contributed by atoms with Crippen LogP contribution in [0.4, 0.5) is 0 Å². The molecule has 4 heterocycles. The molecule has 0 unspecified atom stereocenters. The fourth-order valence-electron chi connectivity index (χ4n) is 3.52. The van der Waals surface area contributed by atoms with Crippen molar-refractivity contribution >= 4 is 21.9 Å². The largest absolute Gasteiger partial charge is 0.455 e. The molecule has 0 bridgehead atoms. The first kappa shape index (κ1) is 22.5. The Hall–Kier alpha value is -3.66. The van der Waals surface area contributed by atoms with Gasteiger partial charge in [-0.15, -0.1) is 53.1 Å². The molecule has 0 saturated carbocycles. The summed E-state index contributed by atoms with van der Waals surface area (Å²) in [5, 5.41) is 2.18. The Balaban J connectivity index is 0.000000172. The van der Waals surface area contributed by atoms with Crippen molar-refractivity contribution in [1.29, 1.82) is 0 Å². The zero-order valence-electron chi connectivity index (χ0n) is 17.8. The number of aromatic nitrogens is 3. The predicted molar refractivity (Wildman–Crippen MR) is 127 cm³/mol. The second-order valence-corrected chi connectivity index (χ2v) is 7.27. The van der Waals surface area contributed by atoms with Crippen molar-refractivity contribution < 1.29 is 24.5 Å². The van der Waals surface area contributed by atoms with E-state index >= 15 is 0 Å². The molecule has 5 heteroatoms. The molecule has 0 amide bonds. The predicted octanol–water partition coefficient (Wildman–Crippen LogP) is 6.70. The molecule has 0 spiro atoms. The molecule has 4 aromatic heterocycles. The normalized spacial score (nSPS) is 10.3. The number of hydrogen-bond acceptors (Lipinski definition) is 4. The second-order valence-electron chi connectivity index (χ2n) is 7.27. The number of furan rings is 1. The molecule has 0 fully saturated rings. The zero-order chi connectivity index (χ0) is 21.8. The van der Waals surface area contributed by atoms with Crippen LogP contribution in [0, 0.1) is 19.2 Å². The molecular formula is C28H19IrN3O-2. The van der Waals surface area contributed by atoms with E-state index in [0.29, 0.717) is 0 Å². The van der Waals surface area contributed by atoms with E-state index in [-0.39, 0.29) is 20.1 Å². The third-order valence-electron chi connectivity index (χ3n) is 5.14. The van der Waals surface area contributed by atoms with Gasteiger partial charge in [-0.3, -0.25) is 0 Å². The van der Waals surface area contributed by atoms with Crippen LogP contribution in [-0.4, -0.2) is 15.0 Å². The van der Waals surface area contributed by atoms with Crippen molar-refractivity contribution in [3.8, 4) is 22.5 Å². The van der Waals surface area contributed by atoms with Gasteiger partial charge in [-0.25, -0.2) is 0 Å². The molecular weight excluding hydrogens is 587 g/mol. The summed E-state index contributed by atoms with van der Waals surface area (Å²) in [7, 11) is 0. The van der Waals surface area contributed by atoms with Crippen LogP contribution < -0.4 is 0 Å². The van der Waals surface area contributed by atoms with E-state index in [2.05, 4.69) is 33.3 Å². The summed E-state index contributed by atoms with van der Waals surface area (Å²) in [5.41, 5.74) is 6.61. The molecule has 6 rings (SSSR count). The van der Waals surface area contributed by atoms with Crippen molar-refractivity contribution in [1.82, 2.24) is 15.0 Å². The summed E-state index contributed by atoms with van der Waals surface area (Å²) in [6.07, 6.45) is 8.31. The topological polar surface area (TPSA) is 51.8 Å². The van der Waals surface area contributed by atoms with Gasteiger partial charge in [0.25, 0.3) is 0 Å². The summed E-state index contributed by atoms with van der Waals surface area (Å²) in [4.78, 5) is 12.7. The molecule has 0 atom stereocenters. The van der Waals surface area contributed by atoms with Gasteiger partial charge in [-0.1, -0.05) is 49.5 Å². The van der Waals surface area contributed by atoms with E-state index in [1.165, 1.54) is 0 Å². The van der Waals surface area contributed by atoms with E-state index in [4.69, 9.17) is 4.42 Å².